The van der Waals surface area contributed by atoms with Crippen molar-refractivity contribution < 1.29 is 4.74 Å². The number of hydrogen-bond acceptors (Lipinski definition) is 6. The predicted molar refractivity (Wildman–Crippen MR) is 149 cm³/mol. The largest absolute Gasteiger partial charge is 0.487 e. The van der Waals surface area contributed by atoms with Gasteiger partial charge in [0, 0.05) is 30.2 Å². The van der Waals surface area contributed by atoms with Crippen molar-refractivity contribution in [3.8, 4) is 28.5 Å². The number of rotatable bonds is 6. The first-order valence-corrected chi connectivity index (χ1v) is 13.0. The van der Waals surface area contributed by atoms with Crippen molar-refractivity contribution in [3.63, 3.8) is 0 Å². The fourth-order valence-electron chi connectivity index (χ4n) is 5.15. The van der Waals surface area contributed by atoms with E-state index in [1.807, 2.05) is 42.5 Å². The van der Waals surface area contributed by atoms with E-state index in [2.05, 4.69) is 48.2 Å². The highest BCUT2D eigenvalue weighted by Gasteiger charge is 2.19. The average molecular weight is 502 g/mol. The smallest absolute Gasteiger partial charge is 0.159 e. The SMILES string of the molecule is c1ccc(COc2cncc(-c3cc4c(-c5nc6c(N7CCCCC7)cccc6[nH]5)n[nH]c4cn3)c2)cc1. The first kappa shape index (κ1) is 22.5. The molecule has 0 aliphatic carbocycles. The minimum Gasteiger partial charge on any atom is -0.487 e. The van der Waals surface area contributed by atoms with Crippen LogP contribution in [0.5, 0.6) is 5.75 Å². The average Bonchev–Trinajstić information content (AvgIpc) is 3.61. The Labute approximate surface area is 219 Å². The van der Waals surface area contributed by atoms with Gasteiger partial charge >= 0.3 is 0 Å². The van der Waals surface area contributed by atoms with E-state index in [0.29, 0.717) is 12.4 Å². The molecule has 38 heavy (non-hydrogen) atoms. The van der Waals surface area contributed by atoms with Gasteiger partial charge in [-0.15, -0.1) is 0 Å². The molecule has 8 nitrogen and oxygen atoms in total. The third-order valence-electron chi connectivity index (χ3n) is 7.12. The maximum atomic E-state index is 5.99. The second kappa shape index (κ2) is 9.63. The zero-order valence-corrected chi connectivity index (χ0v) is 20.9. The van der Waals surface area contributed by atoms with Gasteiger partial charge in [-0.3, -0.25) is 15.1 Å². The molecular formula is C30H27N7O. The van der Waals surface area contributed by atoms with Gasteiger partial charge in [-0.2, -0.15) is 5.10 Å². The van der Waals surface area contributed by atoms with E-state index < -0.39 is 0 Å². The summed E-state index contributed by atoms with van der Waals surface area (Å²) >= 11 is 0. The zero-order chi connectivity index (χ0) is 25.3. The van der Waals surface area contributed by atoms with E-state index in [1.54, 1.807) is 18.6 Å². The maximum absolute atomic E-state index is 5.99. The molecular weight excluding hydrogens is 474 g/mol. The van der Waals surface area contributed by atoms with Crippen LogP contribution in [-0.2, 0) is 6.61 Å². The molecule has 0 unspecified atom stereocenters. The summed E-state index contributed by atoms with van der Waals surface area (Å²) in [5.74, 6) is 1.44. The maximum Gasteiger partial charge on any atom is 0.159 e. The Bertz CT molecular complexity index is 1720. The monoisotopic (exact) mass is 501 g/mol. The van der Waals surface area contributed by atoms with Gasteiger partial charge in [0.25, 0.3) is 0 Å². The molecule has 8 heteroatoms. The minimum atomic E-state index is 0.482. The van der Waals surface area contributed by atoms with E-state index in [9.17, 15) is 0 Å². The number of imidazole rings is 1. The number of piperidine rings is 1. The summed E-state index contributed by atoms with van der Waals surface area (Å²) in [5, 5.41) is 8.67. The number of anilines is 1. The molecule has 0 saturated carbocycles. The number of aromatic nitrogens is 6. The first-order chi connectivity index (χ1) is 18.8. The van der Waals surface area contributed by atoms with Crippen LogP contribution in [0, 0.1) is 0 Å². The summed E-state index contributed by atoms with van der Waals surface area (Å²) in [6.07, 6.45) is 9.07. The van der Waals surface area contributed by atoms with Crippen molar-refractivity contribution in [2.24, 2.45) is 0 Å². The van der Waals surface area contributed by atoms with E-state index in [4.69, 9.17) is 9.72 Å². The Balaban J connectivity index is 1.22. The number of para-hydroxylation sites is 1. The van der Waals surface area contributed by atoms with Gasteiger partial charge in [0.1, 0.15) is 23.6 Å². The molecule has 7 rings (SSSR count). The Morgan fingerprint density at radius 2 is 1.76 bits per heavy atom. The normalized spacial score (nSPS) is 13.8. The third-order valence-corrected chi connectivity index (χ3v) is 7.12. The predicted octanol–water partition coefficient (Wildman–Crippen LogP) is 6.13. The number of ether oxygens (including phenoxy) is 1. The van der Waals surface area contributed by atoms with Crippen LogP contribution in [0.15, 0.2) is 79.3 Å². The summed E-state index contributed by atoms with van der Waals surface area (Å²) in [7, 11) is 0. The van der Waals surface area contributed by atoms with Gasteiger partial charge in [-0.25, -0.2) is 4.98 Å². The molecule has 5 heterocycles. The molecule has 1 fully saturated rings. The lowest BCUT2D eigenvalue weighted by Crippen LogP contribution is -2.29. The number of H-pyrrole nitrogens is 2. The highest BCUT2D eigenvalue weighted by Crippen LogP contribution is 2.33. The van der Waals surface area contributed by atoms with Crippen molar-refractivity contribution in [3.05, 3.63) is 84.8 Å². The molecule has 1 saturated heterocycles. The van der Waals surface area contributed by atoms with E-state index >= 15 is 0 Å². The van der Waals surface area contributed by atoms with Crippen LogP contribution >= 0.6 is 0 Å². The molecule has 0 atom stereocenters. The summed E-state index contributed by atoms with van der Waals surface area (Å²) in [6.45, 7) is 2.63. The van der Waals surface area contributed by atoms with Crippen LogP contribution in [0.4, 0.5) is 5.69 Å². The highest BCUT2D eigenvalue weighted by molar-refractivity contribution is 5.96. The molecule has 1 aliphatic heterocycles. The van der Waals surface area contributed by atoms with Gasteiger partial charge < -0.3 is 14.6 Å². The van der Waals surface area contributed by atoms with Crippen LogP contribution in [0.1, 0.15) is 24.8 Å². The lowest BCUT2D eigenvalue weighted by atomic mass is 10.1. The fraction of sp³-hybridized carbons (Fsp3) is 0.200. The van der Waals surface area contributed by atoms with Crippen LogP contribution in [0.2, 0.25) is 0 Å². The molecule has 4 aromatic heterocycles. The zero-order valence-electron chi connectivity index (χ0n) is 20.9. The Kier molecular flexibility index (Phi) is 5.69. The van der Waals surface area contributed by atoms with Crippen LogP contribution in [0.3, 0.4) is 0 Å². The Hall–Kier alpha value is -4.72. The molecule has 0 radical (unpaired) electrons. The third kappa shape index (κ3) is 4.24. The number of benzene rings is 2. The molecule has 6 aromatic rings. The van der Waals surface area contributed by atoms with Gasteiger partial charge in [0.05, 0.1) is 34.8 Å². The van der Waals surface area contributed by atoms with Crippen molar-refractivity contribution in [2.75, 3.05) is 18.0 Å². The van der Waals surface area contributed by atoms with Crippen molar-refractivity contribution in [1.82, 2.24) is 30.1 Å². The molecule has 188 valence electrons. The lowest BCUT2D eigenvalue weighted by molar-refractivity contribution is 0.305. The second-order valence-corrected chi connectivity index (χ2v) is 9.68. The first-order valence-electron chi connectivity index (χ1n) is 13.0. The molecule has 0 bridgehead atoms. The molecule has 0 amide bonds. The van der Waals surface area contributed by atoms with E-state index in [1.165, 1.54) is 24.9 Å². The van der Waals surface area contributed by atoms with Gasteiger partial charge in [-0.1, -0.05) is 36.4 Å². The topological polar surface area (TPSA) is 95.6 Å². The van der Waals surface area contributed by atoms with Crippen LogP contribution in [0.25, 0.3) is 44.7 Å². The highest BCUT2D eigenvalue weighted by atomic mass is 16.5. The van der Waals surface area contributed by atoms with Crippen molar-refractivity contribution in [2.45, 2.75) is 25.9 Å². The van der Waals surface area contributed by atoms with E-state index in [0.717, 1.165) is 63.4 Å². The van der Waals surface area contributed by atoms with Crippen molar-refractivity contribution in [1.29, 1.82) is 0 Å². The van der Waals surface area contributed by atoms with Gasteiger partial charge in [0.15, 0.2) is 5.82 Å². The fourth-order valence-corrected chi connectivity index (χ4v) is 5.15. The summed E-state index contributed by atoms with van der Waals surface area (Å²) in [4.78, 5) is 20.0. The van der Waals surface area contributed by atoms with Crippen LogP contribution < -0.4 is 9.64 Å². The number of nitrogens with zero attached hydrogens (tertiary/aromatic N) is 5. The number of aromatic amines is 2. The quantitative estimate of drug-likeness (QED) is 0.285. The Morgan fingerprint density at radius 1 is 0.868 bits per heavy atom. The number of hydrogen-bond donors (Lipinski definition) is 2. The van der Waals surface area contributed by atoms with E-state index in [-0.39, 0.29) is 0 Å². The summed E-state index contributed by atoms with van der Waals surface area (Å²) in [6, 6.07) is 20.4. The standard InChI is InChI=1S/C30H27N7O/c1-3-8-20(9-4-1)19-38-22-14-21(16-31-17-22)25-15-23-26(18-32-25)35-36-28(23)30-33-24-10-7-11-27(29(24)34-30)37-12-5-2-6-13-37/h1,3-4,7-11,14-18H,2,5-6,12-13,19H2,(H,33,34)(H,35,36). The lowest BCUT2D eigenvalue weighted by Gasteiger charge is -2.28. The van der Waals surface area contributed by atoms with Gasteiger partial charge in [0.2, 0.25) is 0 Å². The number of pyridine rings is 2. The Morgan fingerprint density at radius 3 is 2.66 bits per heavy atom. The number of nitrogens with one attached hydrogen (secondary N) is 2. The molecule has 2 aromatic carbocycles. The molecule has 2 N–H and O–H groups in total. The molecule has 1 aliphatic rings. The van der Waals surface area contributed by atoms with Crippen molar-refractivity contribution >= 4 is 27.6 Å². The van der Waals surface area contributed by atoms with Gasteiger partial charge in [-0.05, 0) is 49.1 Å². The summed E-state index contributed by atoms with van der Waals surface area (Å²) < 4.78 is 5.99. The van der Waals surface area contributed by atoms with Crippen LogP contribution in [-0.4, -0.2) is 43.2 Å². The second-order valence-electron chi connectivity index (χ2n) is 9.68. The number of fused-ring (bicyclic) bond motifs is 2. The summed E-state index contributed by atoms with van der Waals surface area (Å²) in [5.41, 5.74) is 7.59. The minimum absolute atomic E-state index is 0.482. The molecule has 0 spiro atoms.